The highest BCUT2D eigenvalue weighted by atomic mass is 32.2. The summed E-state index contributed by atoms with van der Waals surface area (Å²) in [4.78, 5) is 24.9. The van der Waals surface area contributed by atoms with Crippen molar-refractivity contribution in [3.63, 3.8) is 0 Å². The van der Waals surface area contributed by atoms with E-state index in [9.17, 15) is 9.59 Å². The first-order chi connectivity index (χ1) is 9.16. The monoisotopic (exact) mass is 278 g/mol. The Bertz CT molecular complexity index is 547. The van der Waals surface area contributed by atoms with Gasteiger partial charge in [-0.15, -0.1) is 11.8 Å². The molecule has 19 heavy (non-hydrogen) atoms. The number of carbonyl (C=O) groups excluding carboxylic acids is 1. The van der Waals surface area contributed by atoms with E-state index in [-0.39, 0.29) is 5.91 Å². The molecule has 2 N–H and O–H groups in total. The summed E-state index contributed by atoms with van der Waals surface area (Å²) in [6.07, 6.45) is 0. The molecular weight excluding hydrogens is 264 g/mol. The van der Waals surface area contributed by atoms with Crippen LogP contribution in [0.2, 0.25) is 0 Å². The Balaban J connectivity index is 1.85. The van der Waals surface area contributed by atoms with Gasteiger partial charge in [-0.25, -0.2) is 4.79 Å². The van der Waals surface area contributed by atoms with E-state index < -0.39 is 12.0 Å². The summed E-state index contributed by atoms with van der Waals surface area (Å²) in [5.41, 5.74) is 2.92. The lowest BCUT2D eigenvalue weighted by Gasteiger charge is -2.20. The average molecular weight is 278 g/mol. The van der Waals surface area contributed by atoms with Gasteiger partial charge in [-0.1, -0.05) is 6.07 Å². The zero-order valence-electron chi connectivity index (χ0n) is 10.3. The molecule has 100 valence electrons. The molecule has 1 unspecified atom stereocenters. The van der Waals surface area contributed by atoms with E-state index >= 15 is 0 Å². The molecule has 1 aromatic rings. The second-order valence-electron chi connectivity index (χ2n) is 4.72. The Morgan fingerprint density at radius 3 is 2.89 bits per heavy atom. The SMILES string of the molecule is O=C(O)C1CSCN1C(=O)c1ccc2c(c1)CNC2. The summed E-state index contributed by atoms with van der Waals surface area (Å²) >= 11 is 1.48. The first-order valence-corrected chi connectivity index (χ1v) is 7.26. The number of rotatable bonds is 2. The summed E-state index contributed by atoms with van der Waals surface area (Å²) < 4.78 is 0. The molecular formula is C13H14N2O3S. The van der Waals surface area contributed by atoms with Crippen molar-refractivity contribution in [3.05, 3.63) is 34.9 Å². The minimum absolute atomic E-state index is 0.188. The second kappa shape index (κ2) is 4.86. The van der Waals surface area contributed by atoms with Gasteiger partial charge >= 0.3 is 5.97 Å². The maximum atomic E-state index is 12.4. The molecule has 0 saturated carbocycles. The van der Waals surface area contributed by atoms with Gasteiger partial charge in [0.1, 0.15) is 6.04 Å². The third kappa shape index (κ3) is 2.21. The predicted octanol–water partition coefficient (Wildman–Crippen LogP) is 0.889. The lowest BCUT2D eigenvalue weighted by Crippen LogP contribution is -2.41. The van der Waals surface area contributed by atoms with E-state index in [2.05, 4.69) is 5.32 Å². The van der Waals surface area contributed by atoms with Crippen LogP contribution >= 0.6 is 11.8 Å². The van der Waals surface area contributed by atoms with Crippen LogP contribution < -0.4 is 5.32 Å². The molecule has 1 amide bonds. The number of benzene rings is 1. The third-order valence-corrected chi connectivity index (χ3v) is 4.52. The van der Waals surface area contributed by atoms with Gasteiger partial charge < -0.3 is 15.3 Å². The minimum atomic E-state index is -0.929. The van der Waals surface area contributed by atoms with Crippen LogP contribution in [0.3, 0.4) is 0 Å². The number of aliphatic carboxylic acids is 1. The Hall–Kier alpha value is -1.53. The van der Waals surface area contributed by atoms with Crippen molar-refractivity contribution in [2.24, 2.45) is 0 Å². The van der Waals surface area contributed by atoms with Crippen molar-refractivity contribution >= 4 is 23.6 Å². The Kier molecular flexibility index (Phi) is 3.20. The zero-order valence-corrected chi connectivity index (χ0v) is 11.1. The van der Waals surface area contributed by atoms with Crippen LogP contribution in [0.1, 0.15) is 21.5 Å². The Labute approximate surface area is 115 Å². The third-order valence-electron chi connectivity index (χ3n) is 3.51. The summed E-state index contributed by atoms with van der Waals surface area (Å²) in [6, 6.07) is 4.90. The molecule has 0 bridgehead atoms. The quantitative estimate of drug-likeness (QED) is 0.841. The Morgan fingerprint density at radius 2 is 2.11 bits per heavy atom. The number of thioether (sulfide) groups is 1. The van der Waals surface area contributed by atoms with Crippen LogP contribution in [0.15, 0.2) is 18.2 Å². The van der Waals surface area contributed by atoms with Crippen LogP contribution in [0, 0.1) is 0 Å². The molecule has 3 rings (SSSR count). The number of amides is 1. The fraction of sp³-hybridized carbons (Fsp3) is 0.385. The standard InChI is InChI=1S/C13H14N2O3S/c16-12(15-7-19-6-11(15)13(17)18)8-1-2-9-4-14-5-10(9)3-8/h1-3,11,14H,4-7H2,(H,17,18). The number of carbonyl (C=O) groups is 2. The molecule has 0 aromatic heterocycles. The number of nitrogens with one attached hydrogen (secondary N) is 1. The number of carboxylic acid groups (broad SMARTS) is 1. The maximum Gasteiger partial charge on any atom is 0.327 e. The fourth-order valence-electron chi connectivity index (χ4n) is 2.44. The van der Waals surface area contributed by atoms with Crippen molar-refractivity contribution in [2.75, 3.05) is 11.6 Å². The highest BCUT2D eigenvalue weighted by Gasteiger charge is 2.35. The van der Waals surface area contributed by atoms with Gasteiger partial charge in [0.2, 0.25) is 0 Å². The lowest BCUT2D eigenvalue weighted by molar-refractivity contribution is -0.140. The molecule has 2 aliphatic rings. The smallest absolute Gasteiger partial charge is 0.327 e. The zero-order chi connectivity index (χ0) is 13.4. The molecule has 2 aliphatic heterocycles. The van der Waals surface area contributed by atoms with Crippen molar-refractivity contribution in [3.8, 4) is 0 Å². The second-order valence-corrected chi connectivity index (χ2v) is 5.72. The van der Waals surface area contributed by atoms with Gasteiger partial charge in [-0.3, -0.25) is 4.79 Å². The van der Waals surface area contributed by atoms with Crippen molar-refractivity contribution < 1.29 is 14.7 Å². The van der Waals surface area contributed by atoms with Crippen molar-refractivity contribution in [1.82, 2.24) is 10.2 Å². The van der Waals surface area contributed by atoms with Crippen LogP contribution in [0.25, 0.3) is 0 Å². The minimum Gasteiger partial charge on any atom is -0.480 e. The highest BCUT2D eigenvalue weighted by molar-refractivity contribution is 7.99. The molecule has 0 radical (unpaired) electrons. The fourth-order valence-corrected chi connectivity index (χ4v) is 3.59. The molecule has 5 nitrogen and oxygen atoms in total. The molecule has 6 heteroatoms. The molecule has 2 heterocycles. The van der Waals surface area contributed by atoms with E-state index in [0.717, 1.165) is 18.7 Å². The maximum absolute atomic E-state index is 12.4. The van der Waals surface area contributed by atoms with Gasteiger partial charge in [0, 0.05) is 24.4 Å². The molecule has 0 spiro atoms. The van der Waals surface area contributed by atoms with Crippen LogP contribution in [0.4, 0.5) is 0 Å². The van der Waals surface area contributed by atoms with Crippen molar-refractivity contribution in [2.45, 2.75) is 19.1 Å². The van der Waals surface area contributed by atoms with Crippen LogP contribution in [0.5, 0.6) is 0 Å². The number of hydrogen-bond acceptors (Lipinski definition) is 4. The van der Waals surface area contributed by atoms with E-state index in [4.69, 9.17) is 5.11 Å². The van der Waals surface area contributed by atoms with E-state index in [0.29, 0.717) is 17.2 Å². The van der Waals surface area contributed by atoms with E-state index in [1.165, 1.54) is 22.2 Å². The van der Waals surface area contributed by atoms with Gasteiger partial charge in [0.15, 0.2) is 0 Å². The number of carboxylic acids is 1. The molecule has 1 atom stereocenters. The van der Waals surface area contributed by atoms with Gasteiger partial charge in [-0.05, 0) is 23.3 Å². The highest BCUT2D eigenvalue weighted by Crippen LogP contribution is 2.25. The van der Waals surface area contributed by atoms with E-state index in [1.54, 1.807) is 6.07 Å². The topological polar surface area (TPSA) is 69.6 Å². The molecule has 0 aliphatic carbocycles. The van der Waals surface area contributed by atoms with E-state index in [1.807, 2.05) is 12.1 Å². The largest absolute Gasteiger partial charge is 0.480 e. The number of fused-ring (bicyclic) bond motifs is 1. The van der Waals surface area contributed by atoms with Crippen molar-refractivity contribution in [1.29, 1.82) is 0 Å². The lowest BCUT2D eigenvalue weighted by atomic mass is 10.1. The van der Waals surface area contributed by atoms with Crippen LogP contribution in [-0.2, 0) is 17.9 Å². The van der Waals surface area contributed by atoms with Gasteiger partial charge in [-0.2, -0.15) is 0 Å². The average Bonchev–Trinajstić information content (AvgIpc) is 3.05. The molecule has 1 saturated heterocycles. The Morgan fingerprint density at radius 1 is 1.32 bits per heavy atom. The predicted molar refractivity (Wildman–Crippen MR) is 71.9 cm³/mol. The normalized spacial score (nSPS) is 21.5. The molecule has 1 fully saturated rings. The summed E-state index contributed by atoms with van der Waals surface area (Å²) in [6.45, 7) is 1.61. The summed E-state index contributed by atoms with van der Waals surface area (Å²) in [7, 11) is 0. The first-order valence-electron chi connectivity index (χ1n) is 6.11. The molecule has 1 aromatic carbocycles. The number of nitrogens with zero attached hydrogens (tertiary/aromatic N) is 1. The first kappa shape index (κ1) is 12.5. The van der Waals surface area contributed by atoms with Crippen LogP contribution in [-0.4, -0.2) is 39.6 Å². The summed E-state index contributed by atoms with van der Waals surface area (Å²) in [5, 5.41) is 12.3. The van der Waals surface area contributed by atoms with Gasteiger partial charge in [0.05, 0.1) is 5.88 Å². The van der Waals surface area contributed by atoms with Gasteiger partial charge in [0.25, 0.3) is 5.91 Å². The summed E-state index contributed by atoms with van der Waals surface area (Å²) in [5.74, 6) is -0.202. The number of hydrogen-bond donors (Lipinski definition) is 2.